The van der Waals surface area contributed by atoms with Gasteiger partial charge in [-0.3, -0.25) is 0 Å². The predicted octanol–water partition coefficient (Wildman–Crippen LogP) is 2.88. The zero-order valence-corrected chi connectivity index (χ0v) is 11.5. The summed E-state index contributed by atoms with van der Waals surface area (Å²) >= 11 is 0. The van der Waals surface area contributed by atoms with Gasteiger partial charge in [-0.25, -0.2) is 9.37 Å². The minimum atomic E-state index is -0.203. The van der Waals surface area contributed by atoms with Gasteiger partial charge >= 0.3 is 0 Å². The van der Waals surface area contributed by atoms with Crippen LogP contribution >= 0.6 is 0 Å². The highest BCUT2D eigenvalue weighted by Crippen LogP contribution is 2.22. The van der Waals surface area contributed by atoms with Crippen LogP contribution in [0.3, 0.4) is 0 Å². The molecule has 0 radical (unpaired) electrons. The minimum absolute atomic E-state index is 0.203. The first-order chi connectivity index (χ1) is 9.26. The quantitative estimate of drug-likeness (QED) is 0.731. The number of aromatic nitrogens is 1. The molecule has 0 aromatic carbocycles. The first-order valence-electron chi connectivity index (χ1n) is 6.98. The topological polar surface area (TPSA) is 28.2 Å². The van der Waals surface area contributed by atoms with Gasteiger partial charge in [0, 0.05) is 37.4 Å². The molecule has 1 aromatic heterocycles. The van der Waals surface area contributed by atoms with E-state index in [0.29, 0.717) is 30.5 Å². The Morgan fingerprint density at radius 2 is 2.37 bits per heavy atom. The normalized spacial score (nSPS) is 14.4. The van der Waals surface area contributed by atoms with Crippen LogP contribution in [0.2, 0.25) is 0 Å². The Bertz CT molecular complexity index is 429. The van der Waals surface area contributed by atoms with Crippen molar-refractivity contribution in [3.05, 3.63) is 36.3 Å². The van der Waals surface area contributed by atoms with Crippen LogP contribution < -0.4 is 10.2 Å². The lowest BCUT2D eigenvalue weighted by Gasteiger charge is -2.22. The minimum Gasteiger partial charge on any atom is -0.350 e. The van der Waals surface area contributed by atoms with Gasteiger partial charge in [-0.05, 0) is 25.3 Å². The van der Waals surface area contributed by atoms with E-state index in [9.17, 15) is 4.39 Å². The van der Waals surface area contributed by atoms with Crippen molar-refractivity contribution in [3.63, 3.8) is 0 Å². The van der Waals surface area contributed by atoms with Crippen molar-refractivity contribution >= 4 is 5.82 Å². The van der Waals surface area contributed by atoms with Crippen LogP contribution in [0.25, 0.3) is 0 Å². The second-order valence-electron chi connectivity index (χ2n) is 5.00. The monoisotopic (exact) mass is 263 g/mol. The number of hydrogen-bond acceptors (Lipinski definition) is 3. The number of rotatable bonds is 8. The third-order valence-corrected chi connectivity index (χ3v) is 3.25. The molecular weight excluding hydrogens is 241 g/mol. The maximum absolute atomic E-state index is 14.5. The maximum atomic E-state index is 14.5. The van der Waals surface area contributed by atoms with Gasteiger partial charge < -0.3 is 10.2 Å². The molecule has 104 valence electrons. The average Bonchev–Trinajstić information content (AvgIpc) is 3.22. The number of pyridine rings is 1. The van der Waals surface area contributed by atoms with Crippen LogP contribution in [0.4, 0.5) is 10.2 Å². The molecule has 1 saturated carbocycles. The first kappa shape index (κ1) is 14.0. The van der Waals surface area contributed by atoms with Crippen LogP contribution in [-0.2, 0) is 6.54 Å². The van der Waals surface area contributed by atoms with E-state index in [1.54, 1.807) is 18.3 Å². The number of hydrogen-bond donors (Lipinski definition) is 1. The molecule has 19 heavy (non-hydrogen) atoms. The highest BCUT2D eigenvalue weighted by molar-refractivity contribution is 5.43. The van der Waals surface area contributed by atoms with Gasteiger partial charge in [0.25, 0.3) is 0 Å². The largest absolute Gasteiger partial charge is 0.350 e. The molecule has 4 heteroatoms. The van der Waals surface area contributed by atoms with Crippen molar-refractivity contribution in [2.75, 3.05) is 18.0 Å². The Morgan fingerprint density at radius 3 is 3.00 bits per heavy atom. The lowest BCUT2D eigenvalue weighted by Crippen LogP contribution is -2.27. The molecule has 1 fully saturated rings. The van der Waals surface area contributed by atoms with Crippen LogP contribution in [0.15, 0.2) is 24.9 Å². The molecule has 0 bridgehead atoms. The zero-order valence-electron chi connectivity index (χ0n) is 11.5. The molecule has 1 aliphatic carbocycles. The molecule has 3 nitrogen and oxygen atoms in total. The zero-order chi connectivity index (χ0) is 13.7. The molecule has 0 saturated heterocycles. The van der Waals surface area contributed by atoms with Gasteiger partial charge in [-0.15, -0.1) is 6.58 Å². The smallest absolute Gasteiger partial charge is 0.170 e. The lowest BCUT2D eigenvalue weighted by atomic mass is 10.2. The highest BCUT2D eigenvalue weighted by Gasteiger charge is 2.21. The number of nitrogens with zero attached hydrogens (tertiary/aromatic N) is 2. The summed E-state index contributed by atoms with van der Waals surface area (Å²) in [7, 11) is 0. The fourth-order valence-electron chi connectivity index (χ4n) is 2.08. The van der Waals surface area contributed by atoms with Crippen molar-refractivity contribution in [2.24, 2.45) is 0 Å². The molecule has 0 spiro atoms. The Morgan fingerprint density at radius 1 is 1.58 bits per heavy atom. The summed E-state index contributed by atoms with van der Waals surface area (Å²) in [5, 5.41) is 3.34. The van der Waals surface area contributed by atoms with Crippen LogP contribution in [0, 0.1) is 5.82 Å². The van der Waals surface area contributed by atoms with E-state index in [4.69, 9.17) is 0 Å². The number of halogens is 1. The second kappa shape index (κ2) is 6.66. The van der Waals surface area contributed by atoms with Gasteiger partial charge in [0.1, 0.15) is 0 Å². The van der Waals surface area contributed by atoms with Crippen LogP contribution in [0.1, 0.15) is 31.7 Å². The Kier molecular flexibility index (Phi) is 4.91. The summed E-state index contributed by atoms with van der Waals surface area (Å²) in [6.07, 6.45) is 6.84. The molecule has 1 aromatic rings. The molecule has 0 unspecified atom stereocenters. The van der Waals surface area contributed by atoms with E-state index < -0.39 is 0 Å². The third-order valence-electron chi connectivity index (χ3n) is 3.25. The van der Waals surface area contributed by atoms with E-state index in [1.165, 1.54) is 12.8 Å². The molecule has 1 heterocycles. The third kappa shape index (κ3) is 3.77. The summed E-state index contributed by atoms with van der Waals surface area (Å²) in [5.74, 6) is 0.239. The average molecular weight is 263 g/mol. The first-order valence-corrected chi connectivity index (χ1v) is 6.98. The van der Waals surface area contributed by atoms with Gasteiger partial charge in [0.2, 0.25) is 0 Å². The van der Waals surface area contributed by atoms with Gasteiger partial charge in [0.15, 0.2) is 11.6 Å². The van der Waals surface area contributed by atoms with E-state index in [-0.39, 0.29) is 5.82 Å². The van der Waals surface area contributed by atoms with E-state index in [2.05, 4.69) is 23.8 Å². The van der Waals surface area contributed by atoms with E-state index in [1.807, 2.05) is 4.90 Å². The molecule has 0 aliphatic heterocycles. The molecule has 1 aliphatic rings. The van der Waals surface area contributed by atoms with Crippen LogP contribution in [0.5, 0.6) is 0 Å². The van der Waals surface area contributed by atoms with Crippen LogP contribution in [-0.4, -0.2) is 24.1 Å². The molecule has 2 rings (SSSR count). The van der Waals surface area contributed by atoms with Crippen molar-refractivity contribution < 1.29 is 4.39 Å². The van der Waals surface area contributed by atoms with E-state index >= 15 is 0 Å². The van der Waals surface area contributed by atoms with Gasteiger partial charge in [-0.1, -0.05) is 13.0 Å². The maximum Gasteiger partial charge on any atom is 0.170 e. The van der Waals surface area contributed by atoms with E-state index in [0.717, 1.165) is 13.0 Å². The summed E-state index contributed by atoms with van der Waals surface area (Å²) in [6.45, 7) is 7.79. The number of anilines is 1. The summed E-state index contributed by atoms with van der Waals surface area (Å²) in [4.78, 5) is 6.13. The molecule has 0 atom stereocenters. The highest BCUT2D eigenvalue weighted by atomic mass is 19.1. The molecule has 0 amide bonds. The second-order valence-corrected chi connectivity index (χ2v) is 5.00. The van der Waals surface area contributed by atoms with Crippen molar-refractivity contribution in [1.82, 2.24) is 10.3 Å². The van der Waals surface area contributed by atoms with Crippen molar-refractivity contribution in [2.45, 2.75) is 38.8 Å². The summed E-state index contributed by atoms with van der Waals surface area (Å²) in [5.41, 5.74) is 0.696. The Labute approximate surface area is 114 Å². The summed E-state index contributed by atoms with van der Waals surface area (Å²) in [6, 6.07) is 2.34. The fraction of sp³-hybridized carbons (Fsp3) is 0.533. The predicted molar refractivity (Wildman–Crippen MR) is 76.8 cm³/mol. The lowest BCUT2D eigenvalue weighted by molar-refractivity contribution is 0.575. The Hall–Kier alpha value is -1.42. The van der Waals surface area contributed by atoms with Gasteiger partial charge in [0.05, 0.1) is 0 Å². The van der Waals surface area contributed by atoms with Gasteiger partial charge in [-0.2, -0.15) is 0 Å². The fourth-order valence-corrected chi connectivity index (χ4v) is 2.08. The standard InChI is InChI=1S/C15H22FN3/c1-3-9-19(10-4-2)15-14(16)12(7-8-17-15)11-18-13-5-6-13/h3,7-8,13,18H,1,4-6,9-11H2,2H3. The SMILES string of the molecule is C=CCN(CCC)c1nccc(CNC2CC2)c1F. The Balaban J connectivity index is 2.13. The molecule has 1 N–H and O–H groups in total. The van der Waals surface area contributed by atoms with Crippen molar-refractivity contribution in [1.29, 1.82) is 0 Å². The molecular formula is C15H22FN3. The van der Waals surface area contributed by atoms with Crippen molar-refractivity contribution in [3.8, 4) is 0 Å². The summed E-state index contributed by atoms with van der Waals surface area (Å²) < 4.78 is 14.5. The number of nitrogens with one attached hydrogen (secondary N) is 1.